The predicted octanol–water partition coefficient (Wildman–Crippen LogP) is 5.34. The zero-order valence-corrected chi connectivity index (χ0v) is 16.5. The van der Waals surface area contributed by atoms with Gasteiger partial charge in [0.05, 0.1) is 0 Å². The Hall–Kier alpha value is -2.35. The molecule has 0 saturated heterocycles. The van der Waals surface area contributed by atoms with Crippen molar-refractivity contribution in [2.75, 3.05) is 11.4 Å². The molecule has 0 amide bonds. The smallest absolute Gasteiger partial charge is 0.208 e. The lowest BCUT2D eigenvalue weighted by Gasteiger charge is -2.40. The van der Waals surface area contributed by atoms with E-state index in [-0.39, 0.29) is 30.3 Å². The van der Waals surface area contributed by atoms with Gasteiger partial charge in [-0.3, -0.25) is 0 Å². The van der Waals surface area contributed by atoms with Crippen LogP contribution in [0.1, 0.15) is 12.5 Å². The van der Waals surface area contributed by atoms with Crippen LogP contribution in [-0.2, 0) is 11.3 Å². The molecule has 28 heavy (non-hydrogen) atoms. The average molecular weight is 457 g/mol. The molecule has 0 fully saturated rings. The third-order valence-corrected chi connectivity index (χ3v) is 5.35. The summed E-state index contributed by atoms with van der Waals surface area (Å²) in [6.07, 6.45) is 0.842. The summed E-state index contributed by atoms with van der Waals surface area (Å²) in [5.74, 6) is -2.66. The standard InChI is InChI=1S/C20H17BrF4N2O/c1-3-20(21)11-27(18-15(23)5-4-6-16(18)24)12(2)26-19(20)28-10-13-7-8-14(22)9-17(13)25/h3-9,12H,1,10-11H2,2H3. The molecule has 1 aliphatic rings. The number of hydrogen-bond acceptors (Lipinski definition) is 3. The maximum Gasteiger partial charge on any atom is 0.208 e. The first-order chi connectivity index (χ1) is 13.2. The van der Waals surface area contributed by atoms with E-state index in [0.29, 0.717) is 0 Å². The van der Waals surface area contributed by atoms with Gasteiger partial charge in [-0.25, -0.2) is 22.6 Å². The number of anilines is 1. The Balaban J connectivity index is 1.89. The van der Waals surface area contributed by atoms with Crippen LogP contribution in [0, 0.1) is 23.3 Å². The van der Waals surface area contributed by atoms with Gasteiger partial charge in [0.2, 0.25) is 5.90 Å². The van der Waals surface area contributed by atoms with Crippen molar-refractivity contribution in [2.24, 2.45) is 4.99 Å². The Bertz CT molecular complexity index is 916. The molecule has 148 valence electrons. The Labute approximate surface area is 168 Å². The second kappa shape index (κ2) is 7.95. The molecular formula is C20H17BrF4N2O. The fourth-order valence-corrected chi connectivity index (χ4v) is 3.40. The third kappa shape index (κ3) is 3.92. The Morgan fingerprint density at radius 2 is 1.89 bits per heavy atom. The summed E-state index contributed by atoms with van der Waals surface area (Å²) in [5, 5.41) is 0. The predicted molar refractivity (Wildman–Crippen MR) is 104 cm³/mol. The molecule has 3 rings (SSSR count). The highest BCUT2D eigenvalue weighted by molar-refractivity contribution is 9.10. The van der Waals surface area contributed by atoms with Crippen molar-refractivity contribution in [3.8, 4) is 0 Å². The fourth-order valence-electron chi connectivity index (χ4n) is 2.92. The summed E-state index contributed by atoms with van der Waals surface area (Å²) >= 11 is 3.47. The van der Waals surface area contributed by atoms with E-state index < -0.39 is 33.8 Å². The molecule has 1 aliphatic heterocycles. The summed E-state index contributed by atoms with van der Waals surface area (Å²) in [6.45, 7) is 5.30. The average Bonchev–Trinajstić information content (AvgIpc) is 2.64. The normalized spacial score (nSPS) is 22.0. The van der Waals surface area contributed by atoms with Crippen molar-refractivity contribution in [2.45, 2.75) is 24.0 Å². The summed E-state index contributed by atoms with van der Waals surface area (Å²) < 4.78 is 60.0. The van der Waals surface area contributed by atoms with Gasteiger partial charge >= 0.3 is 0 Å². The van der Waals surface area contributed by atoms with Crippen molar-refractivity contribution in [1.29, 1.82) is 0 Å². The highest BCUT2D eigenvalue weighted by atomic mass is 79.9. The van der Waals surface area contributed by atoms with Crippen LogP contribution >= 0.6 is 15.9 Å². The van der Waals surface area contributed by atoms with Gasteiger partial charge in [-0.05, 0) is 31.2 Å². The molecule has 0 aromatic heterocycles. The minimum atomic E-state index is -1.05. The lowest BCUT2D eigenvalue weighted by atomic mass is 10.0. The van der Waals surface area contributed by atoms with E-state index in [1.165, 1.54) is 35.2 Å². The quantitative estimate of drug-likeness (QED) is 0.352. The largest absolute Gasteiger partial charge is 0.475 e. The van der Waals surface area contributed by atoms with Crippen molar-refractivity contribution in [1.82, 2.24) is 0 Å². The highest BCUT2D eigenvalue weighted by Gasteiger charge is 2.41. The van der Waals surface area contributed by atoms with Gasteiger partial charge in [0.15, 0.2) is 0 Å². The molecule has 2 atom stereocenters. The molecule has 2 aromatic rings. The summed E-state index contributed by atoms with van der Waals surface area (Å²) in [4.78, 5) is 5.83. The van der Waals surface area contributed by atoms with Gasteiger partial charge in [0.25, 0.3) is 0 Å². The fraction of sp³-hybridized carbons (Fsp3) is 0.250. The molecule has 0 radical (unpaired) electrons. The van der Waals surface area contributed by atoms with E-state index in [4.69, 9.17) is 4.74 Å². The number of aliphatic imine (C=N–C) groups is 1. The van der Waals surface area contributed by atoms with E-state index in [9.17, 15) is 17.6 Å². The molecule has 2 unspecified atom stereocenters. The Morgan fingerprint density at radius 3 is 2.50 bits per heavy atom. The highest BCUT2D eigenvalue weighted by Crippen LogP contribution is 2.35. The number of benzene rings is 2. The van der Waals surface area contributed by atoms with Crippen LogP contribution < -0.4 is 4.90 Å². The van der Waals surface area contributed by atoms with Gasteiger partial charge < -0.3 is 9.64 Å². The molecule has 1 heterocycles. The van der Waals surface area contributed by atoms with Crippen molar-refractivity contribution in [3.63, 3.8) is 0 Å². The minimum Gasteiger partial charge on any atom is -0.475 e. The van der Waals surface area contributed by atoms with Crippen molar-refractivity contribution < 1.29 is 22.3 Å². The van der Waals surface area contributed by atoms with E-state index >= 15 is 0 Å². The molecule has 8 heteroatoms. The number of halogens is 5. The first kappa shape index (κ1) is 20.4. The van der Waals surface area contributed by atoms with Crippen LogP contribution in [0.4, 0.5) is 23.2 Å². The third-order valence-electron chi connectivity index (χ3n) is 4.44. The molecular weight excluding hydrogens is 440 g/mol. The summed E-state index contributed by atoms with van der Waals surface area (Å²) in [6, 6.07) is 6.80. The van der Waals surface area contributed by atoms with Crippen LogP contribution in [0.2, 0.25) is 0 Å². The van der Waals surface area contributed by atoms with Crippen LogP contribution in [0.15, 0.2) is 54.0 Å². The van der Waals surface area contributed by atoms with Crippen molar-refractivity contribution >= 4 is 27.5 Å². The van der Waals surface area contributed by atoms with Gasteiger partial charge in [0, 0.05) is 18.2 Å². The summed E-state index contributed by atoms with van der Waals surface area (Å²) in [5.41, 5.74) is -0.0497. The number of nitrogens with zero attached hydrogens (tertiary/aromatic N) is 2. The van der Waals surface area contributed by atoms with Gasteiger partial charge in [0.1, 0.15) is 46.1 Å². The van der Waals surface area contributed by atoms with E-state index in [2.05, 4.69) is 27.5 Å². The zero-order chi connectivity index (χ0) is 20.5. The number of para-hydroxylation sites is 1. The Morgan fingerprint density at radius 1 is 1.21 bits per heavy atom. The van der Waals surface area contributed by atoms with E-state index in [0.717, 1.165) is 12.1 Å². The first-order valence-electron chi connectivity index (χ1n) is 8.43. The number of rotatable bonds is 4. The lowest BCUT2D eigenvalue weighted by Crippen LogP contribution is -2.52. The van der Waals surface area contributed by atoms with Crippen LogP contribution in [0.3, 0.4) is 0 Å². The van der Waals surface area contributed by atoms with Crippen LogP contribution in [0.5, 0.6) is 0 Å². The molecule has 0 spiro atoms. The minimum absolute atomic E-state index is 0.0836. The van der Waals surface area contributed by atoms with Crippen LogP contribution in [0.25, 0.3) is 0 Å². The first-order valence-corrected chi connectivity index (χ1v) is 9.22. The maximum absolute atomic E-state index is 14.2. The summed E-state index contributed by atoms with van der Waals surface area (Å²) in [7, 11) is 0. The SMILES string of the molecule is C=CC1(Br)CN(c2c(F)cccc2F)C(C)N=C1OCc1ccc(F)cc1F. The number of ether oxygens (including phenoxy) is 1. The topological polar surface area (TPSA) is 24.8 Å². The molecule has 3 nitrogen and oxygen atoms in total. The monoisotopic (exact) mass is 456 g/mol. The number of alkyl halides is 1. The van der Waals surface area contributed by atoms with Gasteiger partial charge in [-0.15, -0.1) is 6.58 Å². The Kier molecular flexibility index (Phi) is 5.79. The second-order valence-electron chi connectivity index (χ2n) is 6.36. The molecule has 0 saturated carbocycles. The zero-order valence-electron chi connectivity index (χ0n) is 14.9. The van der Waals surface area contributed by atoms with E-state index in [1.807, 2.05) is 0 Å². The second-order valence-corrected chi connectivity index (χ2v) is 7.77. The molecule has 0 bridgehead atoms. The van der Waals surface area contributed by atoms with E-state index in [1.54, 1.807) is 6.92 Å². The molecule has 0 N–H and O–H groups in total. The number of hydrogen-bond donors (Lipinski definition) is 0. The maximum atomic E-state index is 14.2. The lowest BCUT2D eigenvalue weighted by molar-refractivity contribution is 0.265. The van der Waals surface area contributed by atoms with Gasteiger partial charge in [-0.1, -0.05) is 28.1 Å². The molecule has 2 aromatic carbocycles. The van der Waals surface area contributed by atoms with Crippen molar-refractivity contribution in [3.05, 3.63) is 77.9 Å². The van der Waals surface area contributed by atoms with Gasteiger partial charge in [-0.2, -0.15) is 0 Å². The molecule has 0 aliphatic carbocycles. The van der Waals surface area contributed by atoms with Crippen LogP contribution in [-0.4, -0.2) is 22.9 Å².